The van der Waals surface area contributed by atoms with Gasteiger partial charge in [-0.15, -0.1) is 0 Å². The van der Waals surface area contributed by atoms with E-state index in [-0.39, 0.29) is 11.9 Å². The Morgan fingerprint density at radius 1 is 1.41 bits per heavy atom. The fourth-order valence-corrected chi connectivity index (χ4v) is 2.60. The average molecular weight is 296 g/mol. The van der Waals surface area contributed by atoms with Gasteiger partial charge >= 0.3 is 0 Å². The number of fused-ring (bicyclic) bond motifs is 1. The minimum Gasteiger partial charge on any atom is -0.361 e. The maximum Gasteiger partial charge on any atom is 0.255 e. The lowest BCUT2D eigenvalue weighted by molar-refractivity contribution is 0.0939. The number of nitrogens with zero attached hydrogens (tertiary/aromatic N) is 2. The van der Waals surface area contributed by atoms with Crippen LogP contribution in [-0.4, -0.2) is 20.7 Å². The Kier molecular flexibility index (Phi) is 3.71. The van der Waals surface area contributed by atoms with Crippen molar-refractivity contribution in [2.75, 3.05) is 0 Å². The van der Waals surface area contributed by atoms with E-state index in [4.69, 9.17) is 0 Å². The van der Waals surface area contributed by atoms with Crippen molar-refractivity contribution in [3.8, 4) is 0 Å². The number of amides is 1. The Hall–Kier alpha value is -2.56. The second kappa shape index (κ2) is 5.67. The molecular formula is C17H20N4O. The summed E-state index contributed by atoms with van der Waals surface area (Å²) in [7, 11) is 0. The molecule has 2 heterocycles. The smallest absolute Gasteiger partial charge is 0.255 e. The van der Waals surface area contributed by atoms with E-state index in [0.29, 0.717) is 5.56 Å². The zero-order chi connectivity index (χ0) is 15.7. The van der Waals surface area contributed by atoms with Gasteiger partial charge in [0, 0.05) is 24.5 Å². The van der Waals surface area contributed by atoms with Crippen molar-refractivity contribution in [3.63, 3.8) is 0 Å². The molecule has 3 rings (SSSR count). The number of aromatic nitrogens is 3. The highest BCUT2D eigenvalue weighted by Gasteiger charge is 2.16. The van der Waals surface area contributed by atoms with Crippen LogP contribution in [0.5, 0.6) is 0 Å². The Morgan fingerprint density at radius 3 is 2.95 bits per heavy atom. The van der Waals surface area contributed by atoms with Gasteiger partial charge in [0.05, 0.1) is 17.3 Å². The number of hydrogen-bond donors (Lipinski definition) is 2. The van der Waals surface area contributed by atoms with Gasteiger partial charge in [-0.1, -0.05) is 6.07 Å². The summed E-state index contributed by atoms with van der Waals surface area (Å²) in [5.74, 6) is -0.0844. The maximum absolute atomic E-state index is 12.4. The summed E-state index contributed by atoms with van der Waals surface area (Å²) in [6.07, 6.45) is 3.72. The average Bonchev–Trinajstić information content (AvgIpc) is 3.12. The Labute approximate surface area is 129 Å². The van der Waals surface area contributed by atoms with E-state index in [1.54, 1.807) is 10.9 Å². The molecular weight excluding hydrogens is 276 g/mol. The zero-order valence-corrected chi connectivity index (χ0v) is 13.1. The largest absolute Gasteiger partial charge is 0.361 e. The van der Waals surface area contributed by atoms with Crippen LogP contribution in [0.1, 0.15) is 41.5 Å². The van der Waals surface area contributed by atoms with E-state index in [1.807, 2.05) is 45.2 Å². The summed E-state index contributed by atoms with van der Waals surface area (Å²) in [6, 6.07) is 8.14. The molecule has 5 heteroatoms. The molecule has 2 N–H and O–H groups in total. The Bertz CT molecular complexity index is 815. The molecule has 0 fully saturated rings. The summed E-state index contributed by atoms with van der Waals surface area (Å²) in [4.78, 5) is 15.6. The van der Waals surface area contributed by atoms with E-state index in [1.165, 1.54) is 0 Å². The third-order valence-corrected chi connectivity index (χ3v) is 3.94. The predicted molar refractivity (Wildman–Crippen MR) is 86.8 cm³/mol. The lowest BCUT2D eigenvalue weighted by Crippen LogP contribution is -2.26. The number of carbonyl (C=O) groups excluding carboxylic acids is 1. The second-order valence-corrected chi connectivity index (χ2v) is 5.50. The summed E-state index contributed by atoms with van der Waals surface area (Å²) in [6.45, 7) is 6.61. The first-order chi connectivity index (χ1) is 10.6. The SMILES string of the molecule is CCn1cc(C(=O)N[C@H](C)c2ccc3[nH]ccc3c2)c(C)n1. The molecule has 0 saturated heterocycles. The van der Waals surface area contributed by atoms with Gasteiger partial charge in [-0.25, -0.2) is 0 Å². The number of hydrogen-bond acceptors (Lipinski definition) is 2. The molecule has 0 aliphatic rings. The van der Waals surface area contributed by atoms with Gasteiger partial charge in [0.25, 0.3) is 5.91 Å². The number of H-pyrrole nitrogens is 1. The molecule has 1 amide bonds. The molecule has 1 aromatic carbocycles. The van der Waals surface area contributed by atoms with Gasteiger partial charge in [-0.2, -0.15) is 5.10 Å². The molecule has 0 aliphatic carbocycles. The molecule has 22 heavy (non-hydrogen) atoms. The van der Waals surface area contributed by atoms with Crippen molar-refractivity contribution < 1.29 is 4.79 Å². The molecule has 0 saturated carbocycles. The number of nitrogens with one attached hydrogen (secondary N) is 2. The van der Waals surface area contributed by atoms with Gasteiger partial charge in [0.15, 0.2) is 0 Å². The first kappa shape index (κ1) is 14.4. The Balaban J connectivity index is 1.78. The van der Waals surface area contributed by atoms with Crippen LogP contribution < -0.4 is 5.32 Å². The Morgan fingerprint density at radius 2 is 2.23 bits per heavy atom. The number of aryl methyl sites for hydroxylation is 2. The summed E-state index contributed by atoms with van der Waals surface area (Å²) in [5, 5.41) is 8.51. The summed E-state index contributed by atoms with van der Waals surface area (Å²) >= 11 is 0. The quantitative estimate of drug-likeness (QED) is 0.776. The number of rotatable bonds is 4. The van der Waals surface area contributed by atoms with Gasteiger partial charge < -0.3 is 10.3 Å². The van der Waals surface area contributed by atoms with Gasteiger partial charge in [0.2, 0.25) is 0 Å². The highest BCUT2D eigenvalue weighted by atomic mass is 16.1. The zero-order valence-electron chi connectivity index (χ0n) is 13.1. The fraction of sp³-hybridized carbons (Fsp3) is 0.294. The van der Waals surface area contributed by atoms with Crippen LogP contribution in [-0.2, 0) is 6.54 Å². The standard InChI is InChI=1S/C17H20N4O/c1-4-21-10-15(12(3)20-21)17(22)19-11(2)13-5-6-16-14(9-13)7-8-18-16/h5-11,18H,4H2,1-3H3,(H,19,22)/t11-/m1/s1. The van der Waals surface area contributed by atoms with E-state index >= 15 is 0 Å². The molecule has 0 unspecified atom stereocenters. The van der Waals surface area contributed by atoms with Crippen LogP contribution in [0.25, 0.3) is 10.9 Å². The van der Waals surface area contributed by atoms with Gasteiger partial charge in [0.1, 0.15) is 0 Å². The molecule has 0 aliphatic heterocycles. The van der Waals surface area contributed by atoms with Crippen molar-refractivity contribution in [1.82, 2.24) is 20.1 Å². The van der Waals surface area contributed by atoms with Crippen molar-refractivity contribution >= 4 is 16.8 Å². The van der Waals surface area contributed by atoms with E-state index in [9.17, 15) is 4.79 Å². The molecule has 0 radical (unpaired) electrons. The first-order valence-corrected chi connectivity index (χ1v) is 7.50. The molecule has 5 nitrogen and oxygen atoms in total. The van der Waals surface area contributed by atoms with E-state index in [2.05, 4.69) is 21.5 Å². The third-order valence-electron chi connectivity index (χ3n) is 3.94. The predicted octanol–water partition coefficient (Wildman–Crippen LogP) is 3.18. The fourth-order valence-electron chi connectivity index (χ4n) is 2.60. The highest BCUT2D eigenvalue weighted by molar-refractivity contribution is 5.95. The van der Waals surface area contributed by atoms with Crippen LogP contribution in [0.2, 0.25) is 0 Å². The maximum atomic E-state index is 12.4. The van der Waals surface area contributed by atoms with Gasteiger partial charge in [-0.3, -0.25) is 9.48 Å². The molecule has 1 atom stereocenters. The third kappa shape index (κ3) is 2.62. The van der Waals surface area contributed by atoms with Gasteiger partial charge in [-0.05, 0) is 49.9 Å². The molecule has 3 aromatic rings. The first-order valence-electron chi connectivity index (χ1n) is 7.50. The summed E-state index contributed by atoms with van der Waals surface area (Å²) in [5.41, 5.74) is 3.58. The number of benzene rings is 1. The minimum atomic E-state index is -0.0844. The van der Waals surface area contributed by atoms with Crippen LogP contribution >= 0.6 is 0 Å². The monoisotopic (exact) mass is 296 g/mol. The van der Waals surface area contributed by atoms with Crippen LogP contribution in [0, 0.1) is 6.92 Å². The topological polar surface area (TPSA) is 62.7 Å². The van der Waals surface area contributed by atoms with E-state index in [0.717, 1.165) is 28.7 Å². The van der Waals surface area contributed by atoms with Crippen molar-refractivity contribution in [2.45, 2.75) is 33.4 Å². The second-order valence-electron chi connectivity index (χ2n) is 5.50. The molecule has 0 spiro atoms. The highest BCUT2D eigenvalue weighted by Crippen LogP contribution is 2.20. The lowest BCUT2D eigenvalue weighted by Gasteiger charge is -2.14. The van der Waals surface area contributed by atoms with E-state index < -0.39 is 0 Å². The number of aromatic amines is 1. The molecule has 2 aromatic heterocycles. The molecule has 114 valence electrons. The van der Waals surface area contributed by atoms with Crippen molar-refractivity contribution in [2.24, 2.45) is 0 Å². The van der Waals surface area contributed by atoms with Crippen LogP contribution in [0.15, 0.2) is 36.7 Å². The molecule has 0 bridgehead atoms. The normalized spacial score (nSPS) is 12.5. The minimum absolute atomic E-state index is 0.0591. The van der Waals surface area contributed by atoms with Crippen LogP contribution in [0.3, 0.4) is 0 Å². The number of carbonyl (C=O) groups is 1. The van der Waals surface area contributed by atoms with Crippen molar-refractivity contribution in [1.29, 1.82) is 0 Å². The van der Waals surface area contributed by atoms with Crippen molar-refractivity contribution in [3.05, 3.63) is 53.5 Å². The summed E-state index contributed by atoms with van der Waals surface area (Å²) < 4.78 is 1.78. The van der Waals surface area contributed by atoms with Crippen LogP contribution in [0.4, 0.5) is 0 Å². The lowest BCUT2D eigenvalue weighted by atomic mass is 10.1.